The van der Waals surface area contributed by atoms with Gasteiger partial charge in [0.05, 0.1) is 24.3 Å². The van der Waals surface area contributed by atoms with Gasteiger partial charge in [0, 0.05) is 26.2 Å². The number of nitrogens with one attached hydrogen (secondary N) is 2. The van der Waals surface area contributed by atoms with Crippen LogP contribution in [0, 0.1) is 0 Å². The molecule has 0 saturated carbocycles. The Labute approximate surface area is 283 Å². The topological polar surface area (TPSA) is 172 Å². The number of ether oxygens (including phenoxy) is 1. The van der Waals surface area contributed by atoms with E-state index in [1.165, 1.54) is 16.3 Å². The van der Waals surface area contributed by atoms with E-state index in [2.05, 4.69) is 71.5 Å². The summed E-state index contributed by atoms with van der Waals surface area (Å²) in [6.07, 6.45) is 1.10. The fourth-order valence-electron chi connectivity index (χ4n) is 5.24. The number of likely N-dealkylation sites (N-methyl/N-ethyl adjacent to an activating group) is 1. The first kappa shape index (κ1) is 38.2. The van der Waals surface area contributed by atoms with Gasteiger partial charge < -0.3 is 40.2 Å². The molecule has 0 bridgehead atoms. The van der Waals surface area contributed by atoms with Gasteiger partial charge in [-0.25, -0.2) is 0 Å². The monoisotopic (exact) mass is 682 g/mol. The van der Waals surface area contributed by atoms with Gasteiger partial charge >= 0.3 is 16.8 Å². The summed E-state index contributed by atoms with van der Waals surface area (Å²) < 4.78 is 6.70. The van der Waals surface area contributed by atoms with E-state index in [0.717, 1.165) is 54.1 Å². The minimum Gasteiger partial charge on any atom is -0.506 e. The normalized spacial score (nSPS) is 11.1. The molecule has 1 aromatic heterocycles. The third-order valence-electron chi connectivity index (χ3n) is 7.86. The number of phenolic OH excluding ortho intramolecular Hbond substituents is 1. The first-order valence-electron chi connectivity index (χ1n) is 16.1. The van der Waals surface area contributed by atoms with Gasteiger partial charge in [-0.3, -0.25) is 19.2 Å². The summed E-state index contributed by atoms with van der Waals surface area (Å²) in [7, 11) is 0. The zero-order valence-electron chi connectivity index (χ0n) is 27.6. The summed E-state index contributed by atoms with van der Waals surface area (Å²) >= 11 is 1.12. The molecule has 0 spiro atoms. The van der Waals surface area contributed by atoms with Crippen molar-refractivity contribution in [2.45, 2.75) is 39.5 Å². The summed E-state index contributed by atoms with van der Waals surface area (Å²) in [5.74, 6) is -2.42. The number of amides is 1. The molecule has 4 rings (SSSR count). The van der Waals surface area contributed by atoms with Crippen molar-refractivity contribution in [1.82, 2.24) is 20.1 Å². The van der Waals surface area contributed by atoms with Gasteiger partial charge in [-0.1, -0.05) is 73.7 Å². The highest BCUT2D eigenvalue weighted by Crippen LogP contribution is 2.27. The van der Waals surface area contributed by atoms with Gasteiger partial charge in [0.15, 0.2) is 0 Å². The smallest absolute Gasteiger partial charge is 0.314 e. The summed E-state index contributed by atoms with van der Waals surface area (Å²) in [6.45, 7) is 10.7. The number of nitrogens with zero attached hydrogens (tertiary/aromatic N) is 2. The number of carbonyl (C=O) groups is 3. The quantitative estimate of drug-likeness (QED) is 0.0721. The van der Waals surface area contributed by atoms with E-state index in [4.69, 9.17) is 14.9 Å². The van der Waals surface area contributed by atoms with Crippen LogP contribution in [0.3, 0.4) is 0 Å². The number of aliphatic carboxylic acids is 2. The maximum Gasteiger partial charge on any atom is 0.314 e. The number of benzene rings is 3. The minimum absolute atomic E-state index is 0.0926. The first-order valence-corrected chi connectivity index (χ1v) is 17.0. The van der Waals surface area contributed by atoms with Crippen LogP contribution in [0.15, 0.2) is 59.4 Å². The van der Waals surface area contributed by atoms with Crippen LogP contribution in [-0.4, -0.2) is 107 Å². The molecule has 0 aliphatic carbocycles. The summed E-state index contributed by atoms with van der Waals surface area (Å²) in [5.41, 5.74) is 2.79. The second-order valence-electron chi connectivity index (χ2n) is 11.1. The Balaban J connectivity index is 0.000000804. The molecule has 0 saturated heterocycles. The number of rotatable bonds is 19. The highest BCUT2D eigenvalue weighted by atomic mass is 32.1. The predicted octanol–water partition coefficient (Wildman–Crippen LogP) is 3.95. The van der Waals surface area contributed by atoms with Crippen LogP contribution in [0.2, 0.25) is 0 Å². The molecule has 3 aromatic carbocycles. The van der Waals surface area contributed by atoms with Gasteiger partial charge in [0.1, 0.15) is 17.7 Å². The van der Waals surface area contributed by atoms with Crippen molar-refractivity contribution in [2.75, 3.05) is 59.0 Å². The Morgan fingerprint density at radius 2 is 1.58 bits per heavy atom. The molecule has 0 radical (unpaired) electrons. The number of aromatic hydroxyl groups is 1. The standard InChI is InChI=1S/C32H42N4O4S.C3H4O4/c1-3-35(4-2)20-21-36(19-18-33-17-14-26-12-13-28(37)30-31(26)41-32(39)34-30)29(38)16-23-40-22-15-25-10-7-9-24-8-5-6-11-27(24)25;4-2(5)1-3(6)7/h5-13,33,37H,3-4,14-23H2,1-2H3,(H,34,39);1H2,(H,4,5)(H,6,7). The third-order valence-corrected chi connectivity index (χ3v) is 8.82. The number of phenols is 1. The van der Waals surface area contributed by atoms with Crippen molar-refractivity contribution in [1.29, 1.82) is 0 Å². The average Bonchev–Trinajstić information content (AvgIpc) is 3.47. The summed E-state index contributed by atoms with van der Waals surface area (Å²) in [6, 6.07) is 18.2. The van der Waals surface area contributed by atoms with Gasteiger partial charge in [-0.2, -0.15) is 0 Å². The highest BCUT2D eigenvalue weighted by molar-refractivity contribution is 7.16. The number of carboxylic acids is 2. The Bertz CT molecular complexity index is 1670. The molecule has 13 heteroatoms. The fraction of sp³-hybridized carbons (Fsp3) is 0.429. The van der Waals surface area contributed by atoms with Gasteiger partial charge in [-0.15, -0.1) is 0 Å². The number of hydrogen-bond acceptors (Lipinski definition) is 9. The third kappa shape index (κ3) is 12.4. The number of carbonyl (C=O) groups excluding carboxylic acids is 1. The van der Waals surface area contributed by atoms with Crippen LogP contribution in [0.1, 0.15) is 37.8 Å². The van der Waals surface area contributed by atoms with Crippen molar-refractivity contribution in [3.8, 4) is 5.75 Å². The van der Waals surface area contributed by atoms with E-state index < -0.39 is 18.4 Å². The molecule has 260 valence electrons. The number of carboxylic acid groups (broad SMARTS) is 2. The molecule has 0 unspecified atom stereocenters. The molecule has 0 atom stereocenters. The average molecular weight is 683 g/mol. The van der Waals surface area contributed by atoms with Crippen LogP contribution >= 0.6 is 11.3 Å². The van der Waals surface area contributed by atoms with Crippen molar-refractivity contribution in [2.24, 2.45) is 0 Å². The lowest BCUT2D eigenvalue weighted by molar-refractivity contribution is -0.147. The Morgan fingerprint density at radius 1 is 0.854 bits per heavy atom. The molecule has 48 heavy (non-hydrogen) atoms. The van der Waals surface area contributed by atoms with Gasteiger partial charge in [0.2, 0.25) is 5.91 Å². The number of thiazole rings is 1. The Kier molecular flexibility index (Phi) is 16.0. The first-order chi connectivity index (χ1) is 23.1. The van der Waals surface area contributed by atoms with E-state index in [1.54, 1.807) is 6.07 Å². The van der Waals surface area contributed by atoms with E-state index in [0.29, 0.717) is 51.3 Å². The van der Waals surface area contributed by atoms with Crippen LogP contribution < -0.4 is 10.2 Å². The largest absolute Gasteiger partial charge is 0.506 e. The van der Waals surface area contributed by atoms with Crippen molar-refractivity contribution in [3.05, 3.63) is 75.4 Å². The molecule has 12 nitrogen and oxygen atoms in total. The maximum atomic E-state index is 13.2. The van der Waals surface area contributed by atoms with E-state index in [9.17, 15) is 24.3 Å². The zero-order chi connectivity index (χ0) is 34.9. The molecule has 1 amide bonds. The molecule has 4 aromatic rings. The van der Waals surface area contributed by atoms with E-state index >= 15 is 0 Å². The second kappa shape index (κ2) is 20.2. The van der Waals surface area contributed by atoms with Crippen molar-refractivity contribution in [3.63, 3.8) is 0 Å². The molecule has 5 N–H and O–H groups in total. The molecular formula is C35H46N4O8S. The summed E-state index contributed by atoms with van der Waals surface area (Å²) in [5, 5.41) is 31.3. The number of aromatic amines is 1. The van der Waals surface area contributed by atoms with E-state index in [-0.39, 0.29) is 16.5 Å². The van der Waals surface area contributed by atoms with Crippen LogP contribution in [-0.2, 0) is 32.0 Å². The molecule has 0 fully saturated rings. The SMILES string of the molecule is CCN(CC)CCN(CCNCCc1ccc(O)c2[nH]c(=O)sc12)C(=O)CCOCCc1cccc2ccccc12.O=C(O)CC(=O)O. The lowest BCUT2D eigenvalue weighted by Gasteiger charge is -2.27. The number of hydrogen-bond donors (Lipinski definition) is 5. The highest BCUT2D eigenvalue weighted by Gasteiger charge is 2.15. The zero-order valence-corrected chi connectivity index (χ0v) is 28.4. The summed E-state index contributed by atoms with van der Waals surface area (Å²) in [4.78, 5) is 50.6. The van der Waals surface area contributed by atoms with Crippen molar-refractivity contribution >= 4 is 50.2 Å². The molecule has 0 aliphatic rings. The van der Waals surface area contributed by atoms with Gasteiger partial charge in [-0.05, 0) is 60.4 Å². The Morgan fingerprint density at radius 3 is 2.29 bits per heavy atom. The molecule has 1 heterocycles. The molecule has 0 aliphatic heterocycles. The van der Waals surface area contributed by atoms with E-state index in [1.807, 2.05) is 11.0 Å². The maximum absolute atomic E-state index is 13.2. The fourth-order valence-corrected chi connectivity index (χ4v) is 6.13. The number of aromatic nitrogens is 1. The molecular weight excluding hydrogens is 636 g/mol. The predicted molar refractivity (Wildman–Crippen MR) is 188 cm³/mol. The van der Waals surface area contributed by atoms with Crippen LogP contribution in [0.5, 0.6) is 5.75 Å². The Hall–Kier alpha value is -4.30. The lowest BCUT2D eigenvalue weighted by Crippen LogP contribution is -2.42. The van der Waals surface area contributed by atoms with Gasteiger partial charge in [0.25, 0.3) is 0 Å². The number of fused-ring (bicyclic) bond motifs is 2. The second-order valence-corrected chi connectivity index (χ2v) is 12.1. The van der Waals surface area contributed by atoms with Crippen LogP contribution in [0.25, 0.3) is 21.0 Å². The lowest BCUT2D eigenvalue weighted by atomic mass is 10.0. The minimum atomic E-state index is -1.31. The number of H-pyrrole nitrogens is 1. The van der Waals surface area contributed by atoms with Crippen molar-refractivity contribution < 1.29 is 34.4 Å². The van der Waals surface area contributed by atoms with Crippen LogP contribution in [0.4, 0.5) is 0 Å².